The van der Waals surface area contributed by atoms with Crippen molar-refractivity contribution in [3.63, 3.8) is 0 Å². The van der Waals surface area contributed by atoms with Crippen molar-refractivity contribution < 1.29 is 9.59 Å². The van der Waals surface area contributed by atoms with Crippen molar-refractivity contribution in [2.24, 2.45) is 5.73 Å². The summed E-state index contributed by atoms with van der Waals surface area (Å²) in [5.74, 6) is -0.696. The van der Waals surface area contributed by atoms with Gasteiger partial charge in [-0.1, -0.05) is 12.1 Å². The number of hydrogen-bond donors (Lipinski definition) is 2. The van der Waals surface area contributed by atoms with Gasteiger partial charge in [0.15, 0.2) is 0 Å². The summed E-state index contributed by atoms with van der Waals surface area (Å²) in [4.78, 5) is 21.8. The zero-order chi connectivity index (χ0) is 11.3. The zero-order valence-electron chi connectivity index (χ0n) is 8.00. The van der Waals surface area contributed by atoms with E-state index in [-0.39, 0.29) is 18.7 Å². The highest BCUT2D eigenvalue weighted by molar-refractivity contribution is 9.10. The quantitative estimate of drug-likeness (QED) is 0.874. The van der Waals surface area contributed by atoms with E-state index >= 15 is 0 Å². The Morgan fingerprint density at radius 2 is 1.93 bits per heavy atom. The molecule has 1 aromatic rings. The van der Waals surface area contributed by atoms with Crippen LogP contribution >= 0.6 is 15.9 Å². The molecule has 0 aliphatic carbocycles. The van der Waals surface area contributed by atoms with Gasteiger partial charge in [-0.2, -0.15) is 0 Å². The maximum absolute atomic E-state index is 11.3. The lowest BCUT2D eigenvalue weighted by atomic mass is 10.2. The minimum Gasteiger partial charge on any atom is -0.370 e. The number of rotatable bonds is 4. The fourth-order valence-corrected chi connectivity index (χ4v) is 1.40. The number of carbonyl (C=O) groups excluding carboxylic acids is 2. The van der Waals surface area contributed by atoms with Gasteiger partial charge in [0.05, 0.1) is 5.69 Å². The average molecular weight is 271 g/mol. The first kappa shape index (κ1) is 11.7. The normalized spacial score (nSPS) is 9.67. The van der Waals surface area contributed by atoms with Crippen molar-refractivity contribution in [2.75, 3.05) is 5.32 Å². The molecule has 0 aliphatic heterocycles. The Morgan fingerprint density at radius 3 is 2.53 bits per heavy atom. The molecule has 3 N–H and O–H groups in total. The summed E-state index contributed by atoms with van der Waals surface area (Å²) in [6.07, 6.45) is 0.174. The Bertz CT molecular complexity index is 379. The minimum absolute atomic E-state index is 0.0658. The summed E-state index contributed by atoms with van der Waals surface area (Å²) >= 11 is 3.30. The summed E-state index contributed by atoms with van der Waals surface area (Å²) in [6, 6.07) is 7.26. The van der Waals surface area contributed by atoms with Gasteiger partial charge in [-0.15, -0.1) is 0 Å². The molecule has 1 rings (SSSR count). The van der Waals surface area contributed by atoms with Gasteiger partial charge in [0.1, 0.15) is 0 Å². The molecule has 1 aromatic carbocycles. The molecule has 4 nitrogen and oxygen atoms in total. The lowest BCUT2D eigenvalue weighted by molar-refractivity contribution is -0.122. The van der Waals surface area contributed by atoms with Crippen LogP contribution in [0, 0.1) is 0 Å². The number of benzene rings is 1. The van der Waals surface area contributed by atoms with E-state index in [0.29, 0.717) is 5.69 Å². The average Bonchev–Trinajstić information content (AvgIpc) is 2.18. The topological polar surface area (TPSA) is 72.2 Å². The molecule has 0 unspecified atom stereocenters. The lowest BCUT2D eigenvalue weighted by Crippen LogP contribution is -2.17. The molecule has 2 amide bonds. The summed E-state index contributed by atoms with van der Waals surface area (Å²) in [7, 11) is 0. The molecule has 0 spiro atoms. The molecule has 0 aromatic heterocycles. The van der Waals surface area contributed by atoms with Crippen LogP contribution in [-0.4, -0.2) is 11.8 Å². The number of carbonyl (C=O) groups is 2. The maximum atomic E-state index is 11.3. The van der Waals surface area contributed by atoms with Crippen LogP contribution in [0.1, 0.15) is 12.8 Å². The molecule has 5 heteroatoms. The second-order valence-corrected chi connectivity index (χ2v) is 3.85. The molecule has 15 heavy (non-hydrogen) atoms. The number of para-hydroxylation sites is 1. The highest BCUT2D eigenvalue weighted by atomic mass is 79.9. The second-order valence-electron chi connectivity index (χ2n) is 2.99. The van der Waals surface area contributed by atoms with Crippen molar-refractivity contribution in [3.05, 3.63) is 28.7 Å². The third-order valence-electron chi connectivity index (χ3n) is 1.75. The Balaban J connectivity index is 2.52. The smallest absolute Gasteiger partial charge is 0.224 e. The van der Waals surface area contributed by atoms with Crippen LogP contribution < -0.4 is 11.1 Å². The van der Waals surface area contributed by atoms with Crippen molar-refractivity contribution in [1.29, 1.82) is 0 Å². The standard InChI is InChI=1S/C10H11BrN2O2/c11-7-3-1-2-4-8(7)13-10(15)6-5-9(12)14/h1-4H,5-6H2,(H2,12,14)(H,13,15). The van der Waals surface area contributed by atoms with E-state index in [1.807, 2.05) is 18.2 Å². The van der Waals surface area contributed by atoms with E-state index in [1.165, 1.54) is 0 Å². The third kappa shape index (κ3) is 4.12. The predicted molar refractivity (Wildman–Crippen MR) is 61.2 cm³/mol. The lowest BCUT2D eigenvalue weighted by Gasteiger charge is -2.05. The Kier molecular flexibility index (Phi) is 4.30. The van der Waals surface area contributed by atoms with E-state index in [2.05, 4.69) is 21.2 Å². The van der Waals surface area contributed by atoms with Crippen LogP contribution in [0.25, 0.3) is 0 Å². The summed E-state index contributed by atoms with van der Waals surface area (Å²) in [6.45, 7) is 0. The van der Waals surface area contributed by atoms with E-state index < -0.39 is 5.91 Å². The third-order valence-corrected chi connectivity index (χ3v) is 2.44. The van der Waals surface area contributed by atoms with E-state index in [9.17, 15) is 9.59 Å². The van der Waals surface area contributed by atoms with Crippen molar-refractivity contribution >= 4 is 33.4 Å². The summed E-state index contributed by atoms with van der Waals surface area (Å²) in [5.41, 5.74) is 5.62. The van der Waals surface area contributed by atoms with Gasteiger partial charge in [-0.25, -0.2) is 0 Å². The molecule has 0 bridgehead atoms. The summed E-state index contributed by atoms with van der Waals surface area (Å²) < 4.78 is 0.803. The molecule has 0 atom stereocenters. The Morgan fingerprint density at radius 1 is 1.27 bits per heavy atom. The van der Waals surface area contributed by atoms with Gasteiger partial charge in [0.2, 0.25) is 11.8 Å². The molecule has 0 saturated heterocycles. The monoisotopic (exact) mass is 270 g/mol. The fraction of sp³-hybridized carbons (Fsp3) is 0.200. The molecular weight excluding hydrogens is 260 g/mol. The molecular formula is C10H11BrN2O2. The van der Waals surface area contributed by atoms with Crippen LogP contribution in [-0.2, 0) is 9.59 Å². The zero-order valence-corrected chi connectivity index (χ0v) is 9.58. The molecule has 0 radical (unpaired) electrons. The number of hydrogen-bond acceptors (Lipinski definition) is 2. The number of primary amides is 1. The molecule has 0 heterocycles. The molecule has 0 fully saturated rings. The minimum atomic E-state index is -0.475. The number of amides is 2. The van der Waals surface area contributed by atoms with Crippen LogP contribution in [0.2, 0.25) is 0 Å². The van der Waals surface area contributed by atoms with E-state index in [1.54, 1.807) is 6.07 Å². The van der Waals surface area contributed by atoms with Crippen LogP contribution in [0.15, 0.2) is 28.7 Å². The largest absolute Gasteiger partial charge is 0.370 e. The van der Waals surface area contributed by atoms with Gasteiger partial charge in [-0.3, -0.25) is 9.59 Å². The van der Waals surface area contributed by atoms with Gasteiger partial charge >= 0.3 is 0 Å². The van der Waals surface area contributed by atoms with Crippen LogP contribution in [0.5, 0.6) is 0 Å². The Labute approximate surface area is 96.0 Å². The first-order chi connectivity index (χ1) is 7.09. The van der Waals surface area contributed by atoms with Crippen molar-refractivity contribution in [2.45, 2.75) is 12.8 Å². The van der Waals surface area contributed by atoms with Crippen LogP contribution in [0.4, 0.5) is 5.69 Å². The van der Waals surface area contributed by atoms with Crippen LogP contribution in [0.3, 0.4) is 0 Å². The van der Waals surface area contributed by atoms with Crippen molar-refractivity contribution in [1.82, 2.24) is 0 Å². The van der Waals surface area contributed by atoms with Gasteiger partial charge < -0.3 is 11.1 Å². The first-order valence-electron chi connectivity index (χ1n) is 4.42. The highest BCUT2D eigenvalue weighted by Gasteiger charge is 2.06. The molecule has 0 saturated carbocycles. The number of nitrogens with one attached hydrogen (secondary N) is 1. The molecule has 80 valence electrons. The SMILES string of the molecule is NC(=O)CCC(=O)Nc1ccccc1Br. The van der Waals surface area contributed by atoms with Gasteiger partial charge in [-0.05, 0) is 28.1 Å². The van der Waals surface area contributed by atoms with Gasteiger partial charge in [0.25, 0.3) is 0 Å². The predicted octanol–water partition coefficient (Wildman–Crippen LogP) is 1.65. The summed E-state index contributed by atoms with van der Waals surface area (Å²) in [5, 5.41) is 2.67. The van der Waals surface area contributed by atoms with E-state index in [4.69, 9.17) is 5.73 Å². The van der Waals surface area contributed by atoms with Gasteiger partial charge in [0, 0.05) is 17.3 Å². The highest BCUT2D eigenvalue weighted by Crippen LogP contribution is 2.21. The number of anilines is 1. The maximum Gasteiger partial charge on any atom is 0.224 e. The number of nitrogens with two attached hydrogens (primary N) is 1. The molecule has 0 aliphatic rings. The van der Waals surface area contributed by atoms with E-state index in [0.717, 1.165) is 4.47 Å². The number of halogens is 1. The fourth-order valence-electron chi connectivity index (χ4n) is 1.01. The first-order valence-corrected chi connectivity index (χ1v) is 5.21. The second kappa shape index (κ2) is 5.50. The van der Waals surface area contributed by atoms with Crippen molar-refractivity contribution in [3.8, 4) is 0 Å². The Hall–Kier alpha value is -1.36.